The fraction of sp³-hybridized carbons (Fsp3) is 0.421. The van der Waals surface area contributed by atoms with E-state index >= 15 is 0 Å². The van der Waals surface area contributed by atoms with Gasteiger partial charge in [0, 0.05) is 11.9 Å². The number of allylic oxidation sites excluding steroid dienone is 1. The summed E-state index contributed by atoms with van der Waals surface area (Å²) in [6, 6.07) is 8.67. The fourth-order valence-corrected chi connectivity index (χ4v) is 2.72. The second kappa shape index (κ2) is 13.8. The highest BCUT2D eigenvalue weighted by atomic mass is 79.9. The minimum Gasteiger partial charge on any atom is -0.467 e. The number of ether oxygens (including phenoxy) is 2. The Kier molecular flexibility index (Phi) is 11.6. The van der Waals surface area contributed by atoms with Crippen LogP contribution in [0.4, 0.5) is 4.79 Å². The van der Waals surface area contributed by atoms with Gasteiger partial charge in [0.1, 0.15) is 12.6 Å². The van der Waals surface area contributed by atoms with Crippen molar-refractivity contribution in [3.63, 3.8) is 0 Å². The summed E-state index contributed by atoms with van der Waals surface area (Å²) in [5.41, 5.74) is 1.90. The Morgan fingerprint density at radius 3 is 2.59 bits per heavy atom. The zero-order chi connectivity index (χ0) is 19.9. The van der Waals surface area contributed by atoms with E-state index in [0.717, 1.165) is 30.4 Å². The van der Waals surface area contributed by atoms with Crippen LogP contribution in [-0.4, -0.2) is 43.5 Å². The Morgan fingerprint density at radius 2 is 1.96 bits per heavy atom. The molecule has 1 aromatic rings. The first-order chi connectivity index (χ1) is 13.1. The number of unbranched alkanes of at least 4 members (excludes halogenated alkanes) is 1. The van der Waals surface area contributed by atoms with Crippen molar-refractivity contribution in [1.82, 2.24) is 10.6 Å². The van der Waals surface area contributed by atoms with Gasteiger partial charge >= 0.3 is 12.1 Å². The first-order valence-corrected chi connectivity index (χ1v) is 9.70. The number of esters is 1. The van der Waals surface area contributed by atoms with Crippen LogP contribution in [0.3, 0.4) is 0 Å². The molecule has 2 N–H and O–H groups in total. The molecule has 27 heavy (non-hydrogen) atoms. The van der Waals surface area contributed by atoms with E-state index in [0.29, 0.717) is 18.3 Å². The summed E-state index contributed by atoms with van der Waals surface area (Å²) in [5.74, 6) is -0.525. The van der Waals surface area contributed by atoms with Gasteiger partial charge in [0.15, 0.2) is 0 Å². The van der Waals surface area contributed by atoms with Gasteiger partial charge in [-0.25, -0.2) is 9.59 Å². The van der Waals surface area contributed by atoms with Gasteiger partial charge < -0.3 is 20.1 Å². The molecule has 0 saturated heterocycles. The topological polar surface area (TPSA) is 93.7 Å². The number of amides is 2. The molecule has 2 amide bonds. The number of hydrogen-bond acceptors (Lipinski definition) is 5. The monoisotopic (exact) mass is 440 g/mol. The minimum atomic E-state index is -0.800. The number of rotatable bonds is 12. The largest absolute Gasteiger partial charge is 0.467 e. The van der Waals surface area contributed by atoms with Crippen molar-refractivity contribution >= 4 is 34.4 Å². The summed E-state index contributed by atoms with van der Waals surface area (Å²) in [6.07, 6.45) is 3.99. The van der Waals surface area contributed by atoms with Crippen LogP contribution in [0.5, 0.6) is 0 Å². The van der Waals surface area contributed by atoms with E-state index in [1.165, 1.54) is 7.11 Å². The van der Waals surface area contributed by atoms with Crippen LogP contribution in [0.15, 0.2) is 42.0 Å². The minimum absolute atomic E-state index is 0.238. The number of methoxy groups -OCH3 is 1. The zero-order valence-electron chi connectivity index (χ0n) is 15.3. The molecule has 0 fully saturated rings. The molecular formula is C19H25BrN2O5. The molecule has 8 heteroatoms. The predicted octanol–water partition coefficient (Wildman–Crippen LogP) is 2.69. The number of halogens is 1. The first-order valence-electron chi connectivity index (χ1n) is 8.58. The molecule has 0 bridgehead atoms. The molecule has 7 nitrogen and oxygen atoms in total. The van der Waals surface area contributed by atoms with E-state index in [4.69, 9.17) is 4.74 Å². The number of alkyl carbamates (subject to hydrolysis) is 1. The number of benzene rings is 1. The van der Waals surface area contributed by atoms with E-state index in [1.807, 2.05) is 30.3 Å². The lowest BCUT2D eigenvalue weighted by Gasteiger charge is -2.12. The highest BCUT2D eigenvalue weighted by Gasteiger charge is 2.16. The van der Waals surface area contributed by atoms with Gasteiger partial charge in [0.2, 0.25) is 6.41 Å². The van der Waals surface area contributed by atoms with Gasteiger partial charge in [-0.1, -0.05) is 57.9 Å². The Bertz CT molecular complexity index is 622. The van der Waals surface area contributed by atoms with E-state index in [-0.39, 0.29) is 6.61 Å². The third kappa shape index (κ3) is 9.79. The van der Waals surface area contributed by atoms with Gasteiger partial charge in [-0.2, -0.15) is 0 Å². The second-order valence-electron chi connectivity index (χ2n) is 5.69. The van der Waals surface area contributed by atoms with Gasteiger partial charge in [-0.05, 0) is 24.8 Å². The van der Waals surface area contributed by atoms with Gasteiger partial charge in [0.25, 0.3) is 0 Å². The summed E-state index contributed by atoms with van der Waals surface area (Å²) in [6.45, 7) is 0.734. The van der Waals surface area contributed by atoms with Crippen LogP contribution in [0.2, 0.25) is 0 Å². The lowest BCUT2D eigenvalue weighted by Crippen LogP contribution is -2.35. The summed E-state index contributed by atoms with van der Waals surface area (Å²) >= 11 is 3.38. The van der Waals surface area contributed by atoms with E-state index in [9.17, 15) is 14.4 Å². The average Bonchev–Trinajstić information content (AvgIpc) is 2.70. The van der Waals surface area contributed by atoms with Crippen LogP contribution < -0.4 is 10.6 Å². The molecule has 0 aliphatic carbocycles. The number of carbonyl (C=O) groups is 3. The molecule has 0 heterocycles. The molecule has 0 saturated carbocycles. The van der Waals surface area contributed by atoms with Crippen molar-refractivity contribution in [3.05, 3.63) is 47.5 Å². The standard InChI is InChI=1S/C19H25BrN2O5/c1-26-18(24)17(22-14-23)11-16(12-20)9-5-6-10-21-19(25)27-13-15-7-3-2-4-8-15/h2-4,7-8,11,14,17H,5-6,9-10,12-13H2,1H3,(H,21,25)(H,22,23)/b16-11-. The Balaban J connectivity index is 2.27. The molecule has 0 spiro atoms. The number of nitrogens with one attached hydrogen (secondary N) is 2. The van der Waals surface area contributed by atoms with Crippen LogP contribution in [-0.2, 0) is 25.7 Å². The summed E-state index contributed by atoms with van der Waals surface area (Å²) in [4.78, 5) is 33.9. The van der Waals surface area contributed by atoms with Crippen LogP contribution in [0.25, 0.3) is 0 Å². The molecule has 1 atom stereocenters. The lowest BCUT2D eigenvalue weighted by molar-refractivity contribution is -0.142. The van der Waals surface area contributed by atoms with Crippen molar-refractivity contribution < 1.29 is 23.9 Å². The molecule has 0 aliphatic heterocycles. The van der Waals surface area contributed by atoms with Crippen molar-refractivity contribution in [1.29, 1.82) is 0 Å². The predicted molar refractivity (Wildman–Crippen MR) is 105 cm³/mol. The number of alkyl halides is 1. The normalized spacial score (nSPS) is 12.0. The highest BCUT2D eigenvalue weighted by molar-refractivity contribution is 9.09. The van der Waals surface area contributed by atoms with Crippen LogP contribution in [0.1, 0.15) is 24.8 Å². The van der Waals surface area contributed by atoms with E-state index in [2.05, 4.69) is 31.3 Å². The third-order valence-corrected chi connectivity index (χ3v) is 4.40. The van der Waals surface area contributed by atoms with Crippen LogP contribution >= 0.6 is 15.9 Å². The molecule has 1 rings (SSSR count). The first kappa shape index (κ1) is 22.7. The lowest BCUT2D eigenvalue weighted by atomic mass is 10.1. The maximum atomic E-state index is 11.7. The smallest absolute Gasteiger partial charge is 0.407 e. The van der Waals surface area contributed by atoms with Crippen molar-refractivity contribution in [2.45, 2.75) is 31.9 Å². The van der Waals surface area contributed by atoms with Gasteiger partial charge in [-0.15, -0.1) is 0 Å². The zero-order valence-corrected chi connectivity index (χ0v) is 16.9. The van der Waals surface area contributed by atoms with Crippen molar-refractivity contribution in [2.75, 3.05) is 19.0 Å². The molecule has 1 unspecified atom stereocenters. The van der Waals surface area contributed by atoms with Gasteiger partial charge in [0.05, 0.1) is 7.11 Å². The Morgan fingerprint density at radius 1 is 1.22 bits per heavy atom. The number of carbonyl (C=O) groups excluding carboxylic acids is 3. The Hall–Kier alpha value is -2.35. The summed E-state index contributed by atoms with van der Waals surface area (Å²) in [5, 5.41) is 5.70. The fourth-order valence-electron chi connectivity index (χ4n) is 2.26. The molecule has 148 valence electrons. The quantitative estimate of drug-likeness (QED) is 0.171. The summed E-state index contributed by atoms with van der Waals surface area (Å²) < 4.78 is 9.79. The molecule has 0 aromatic heterocycles. The molecule has 0 aliphatic rings. The van der Waals surface area contributed by atoms with Crippen molar-refractivity contribution in [2.24, 2.45) is 0 Å². The number of hydrogen-bond donors (Lipinski definition) is 2. The van der Waals surface area contributed by atoms with Crippen molar-refractivity contribution in [3.8, 4) is 0 Å². The highest BCUT2D eigenvalue weighted by Crippen LogP contribution is 2.12. The van der Waals surface area contributed by atoms with E-state index in [1.54, 1.807) is 6.08 Å². The average molecular weight is 441 g/mol. The van der Waals surface area contributed by atoms with Gasteiger partial charge in [-0.3, -0.25) is 4.79 Å². The Labute approximate surface area is 167 Å². The van der Waals surface area contributed by atoms with Crippen LogP contribution in [0, 0.1) is 0 Å². The third-order valence-electron chi connectivity index (χ3n) is 3.68. The molecule has 1 aromatic carbocycles. The maximum Gasteiger partial charge on any atom is 0.407 e. The maximum absolute atomic E-state index is 11.7. The van der Waals surface area contributed by atoms with E-state index < -0.39 is 18.1 Å². The molecule has 0 radical (unpaired) electrons. The molecular weight excluding hydrogens is 416 g/mol. The second-order valence-corrected chi connectivity index (χ2v) is 6.25. The SMILES string of the molecule is COC(=O)C(/C=C(\CBr)CCCCNC(=O)OCc1ccccc1)NC=O. The summed E-state index contributed by atoms with van der Waals surface area (Å²) in [7, 11) is 1.27.